The Hall–Kier alpha value is -2.03. The van der Waals surface area contributed by atoms with E-state index in [1.165, 1.54) is 0 Å². The van der Waals surface area contributed by atoms with Crippen LogP contribution >= 0.6 is 0 Å². The van der Waals surface area contributed by atoms with Crippen LogP contribution in [-0.2, 0) is 6.42 Å². The summed E-state index contributed by atoms with van der Waals surface area (Å²) in [5.74, 6) is -0.869. The van der Waals surface area contributed by atoms with Crippen LogP contribution in [0.4, 0.5) is 0 Å². The number of carboxylic acid groups (broad SMARTS) is 1. The first-order valence-corrected chi connectivity index (χ1v) is 5.23. The predicted molar refractivity (Wildman–Crippen MR) is 62.1 cm³/mol. The molecule has 3 heteroatoms. The molecule has 0 spiro atoms. The molecule has 0 fully saturated rings. The number of nitrogens with zero attached hydrogens (tertiary/aromatic N) is 1. The molecule has 16 heavy (non-hydrogen) atoms. The van der Waals surface area contributed by atoms with Crippen LogP contribution in [0.3, 0.4) is 0 Å². The van der Waals surface area contributed by atoms with E-state index in [4.69, 9.17) is 5.11 Å². The van der Waals surface area contributed by atoms with Gasteiger partial charge >= 0.3 is 5.97 Å². The number of aromatic nitrogens is 1. The van der Waals surface area contributed by atoms with Crippen LogP contribution in [0.25, 0.3) is 5.69 Å². The number of carbonyl (C=O) groups is 1. The third-order valence-electron chi connectivity index (χ3n) is 2.59. The van der Waals surface area contributed by atoms with Gasteiger partial charge < -0.3 is 9.67 Å². The molecule has 0 aliphatic heterocycles. The third-order valence-corrected chi connectivity index (χ3v) is 2.59. The molecule has 0 atom stereocenters. The van der Waals surface area contributed by atoms with Crippen molar-refractivity contribution < 1.29 is 9.90 Å². The molecule has 82 valence electrons. The Bertz CT molecular complexity index is 500. The summed E-state index contributed by atoms with van der Waals surface area (Å²) in [6, 6.07) is 11.4. The van der Waals surface area contributed by atoms with Crippen LogP contribution in [0, 0.1) is 0 Å². The Balaban J connectivity index is 2.54. The molecule has 0 bridgehead atoms. The fraction of sp³-hybridized carbons (Fsp3) is 0.154. The minimum absolute atomic E-state index is 0.381. The molecular weight excluding hydrogens is 202 g/mol. The molecule has 0 aliphatic rings. The SMILES string of the molecule is CCc1c(C(=O)O)ccn1-c1ccccc1. The Morgan fingerprint density at radius 3 is 2.50 bits per heavy atom. The minimum atomic E-state index is -0.869. The van der Waals surface area contributed by atoms with E-state index in [1.54, 1.807) is 12.3 Å². The zero-order chi connectivity index (χ0) is 11.5. The van der Waals surface area contributed by atoms with E-state index in [-0.39, 0.29) is 0 Å². The maximum atomic E-state index is 11.0. The van der Waals surface area contributed by atoms with Crippen molar-refractivity contribution >= 4 is 5.97 Å². The van der Waals surface area contributed by atoms with E-state index in [0.29, 0.717) is 12.0 Å². The molecule has 0 aliphatic carbocycles. The molecule has 0 saturated heterocycles. The van der Waals surface area contributed by atoms with E-state index in [2.05, 4.69) is 0 Å². The first-order chi connectivity index (χ1) is 7.74. The first-order valence-electron chi connectivity index (χ1n) is 5.23. The van der Waals surface area contributed by atoms with Gasteiger partial charge in [0.1, 0.15) is 0 Å². The van der Waals surface area contributed by atoms with Gasteiger partial charge in [-0.05, 0) is 24.6 Å². The fourth-order valence-corrected chi connectivity index (χ4v) is 1.85. The summed E-state index contributed by atoms with van der Waals surface area (Å²) in [6.07, 6.45) is 2.50. The molecule has 1 aromatic heterocycles. The highest BCUT2D eigenvalue weighted by Crippen LogP contribution is 2.17. The lowest BCUT2D eigenvalue weighted by atomic mass is 10.2. The van der Waals surface area contributed by atoms with Crippen LogP contribution < -0.4 is 0 Å². The summed E-state index contributed by atoms with van der Waals surface area (Å²) in [4.78, 5) is 11.0. The highest BCUT2D eigenvalue weighted by molar-refractivity contribution is 5.89. The second-order valence-corrected chi connectivity index (χ2v) is 3.54. The third kappa shape index (κ3) is 1.72. The number of hydrogen-bond donors (Lipinski definition) is 1. The monoisotopic (exact) mass is 215 g/mol. The average molecular weight is 215 g/mol. The molecule has 0 unspecified atom stereocenters. The number of hydrogen-bond acceptors (Lipinski definition) is 1. The van der Waals surface area contributed by atoms with Crippen LogP contribution in [0.1, 0.15) is 23.0 Å². The lowest BCUT2D eigenvalue weighted by Crippen LogP contribution is -2.04. The van der Waals surface area contributed by atoms with Crippen molar-refractivity contribution in [2.45, 2.75) is 13.3 Å². The molecule has 1 aromatic carbocycles. The Morgan fingerprint density at radius 2 is 1.94 bits per heavy atom. The predicted octanol–water partition coefficient (Wildman–Crippen LogP) is 2.74. The van der Waals surface area contributed by atoms with Gasteiger partial charge in [0.05, 0.1) is 5.56 Å². The van der Waals surface area contributed by atoms with E-state index < -0.39 is 5.97 Å². The zero-order valence-corrected chi connectivity index (χ0v) is 9.05. The van der Waals surface area contributed by atoms with E-state index in [9.17, 15) is 4.79 Å². The van der Waals surface area contributed by atoms with Gasteiger partial charge in [-0.15, -0.1) is 0 Å². The number of para-hydroxylation sites is 1. The van der Waals surface area contributed by atoms with Crippen molar-refractivity contribution in [3.63, 3.8) is 0 Å². The zero-order valence-electron chi connectivity index (χ0n) is 9.05. The van der Waals surface area contributed by atoms with Crippen LogP contribution in [0.5, 0.6) is 0 Å². The fourth-order valence-electron chi connectivity index (χ4n) is 1.85. The highest BCUT2D eigenvalue weighted by atomic mass is 16.4. The highest BCUT2D eigenvalue weighted by Gasteiger charge is 2.13. The van der Waals surface area contributed by atoms with Gasteiger partial charge in [-0.25, -0.2) is 4.79 Å². The summed E-state index contributed by atoms with van der Waals surface area (Å²) in [7, 11) is 0. The van der Waals surface area contributed by atoms with E-state index in [0.717, 1.165) is 11.4 Å². The van der Waals surface area contributed by atoms with Crippen molar-refractivity contribution in [2.24, 2.45) is 0 Å². The molecule has 2 rings (SSSR count). The maximum Gasteiger partial charge on any atom is 0.337 e. The van der Waals surface area contributed by atoms with E-state index in [1.807, 2.05) is 41.8 Å². The Morgan fingerprint density at radius 1 is 1.25 bits per heavy atom. The smallest absolute Gasteiger partial charge is 0.337 e. The number of carboxylic acids is 1. The molecule has 3 nitrogen and oxygen atoms in total. The quantitative estimate of drug-likeness (QED) is 0.855. The summed E-state index contributed by atoms with van der Waals surface area (Å²) in [5, 5.41) is 9.04. The molecular formula is C13H13NO2. The lowest BCUT2D eigenvalue weighted by Gasteiger charge is -2.08. The van der Waals surface area contributed by atoms with Gasteiger partial charge in [0, 0.05) is 17.6 Å². The molecule has 2 aromatic rings. The molecule has 1 heterocycles. The second-order valence-electron chi connectivity index (χ2n) is 3.54. The van der Waals surface area contributed by atoms with Crippen LogP contribution in [-0.4, -0.2) is 15.6 Å². The second kappa shape index (κ2) is 4.23. The van der Waals surface area contributed by atoms with Crippen LogP contribution in [0.15, 0.2) is 42.6 Å². The normalized spacial score (nSPS) is 10.3. The van der Waals surface area contributed by atoms with Crippen molar-refractivity contribution in [1.29, 1.82) is 0 Å². The van der Waals surface area contributed by atoms with Gasteiger partial charge in [-0.3, -0.25) is 0 Å². The standard InChI is InChI=1S/C13H13NO2/c1-2-12-11(13(15)16)8-9-14(12)10-6-4-3-5-7-10/h3-9H,2H2,1H3,(H,15,16). The van der Waals surface area contributed by atoms with Gasteiger partial charge in [0.2, 0.25) is 0 Å². The summed E-state index contributed by atoms with van der Waals surface area (Å²) >= 11 is 0. The summed E-state index contributed by atoms with van der Waals surface area (Å²) < 4.78 is 1.92. The molecule has 0 saturated carbocycles. The molecule has 0 radical (unpaired) electrons. The van der Waals surface area contributed by atoms with Gasteiger partial charge in [0.25, 0.3) is 0 Å². The van der Waals surface area contributed by atoms with Crippen molar-refractivity contribution in [3.8, 4) is 5.69 Å². The van der Waals surface area contributed by atoms with Crippen LogP contribution in [0.2, 0.25) is 0 Å². The first kappa shape index (κ1) is 10.5. The number of rotatable bonds is 3. The molecule has 1 N–H and O–H groups in total. The largest absolute Gasteiger partial charge is 0.478 e. The van der Waals surface area contributed by atoms with Gasteiger partial charge in [-0.1, -0.05) is 25.1 Å². The van der Waals surface area contributed by atoms with Gasteiger partial charge in [-0.2, -0.15) is 0 Å². The Kier molecular flexibility index (Phi) is 2.77. The van der Waals surface area contributed by atoms with Crippen molar-refractivity contribution in [2.75, 3.05) is 0 Å². The topological polar surface area (TPSA) is 42.2 Å². The number of aromatic carboxylic acids is 1. The maximum absolute atomic E-state index is 11.0. The van der Waals surface area contributed by atoms with Crippen molar-refractivity contribution in [1.82, 2.24) is 4.57 Å². The lowest BCUT2D eigenvalue weighted by molar-refractivity contribution is 0.0696. The van der Waals surface area contributed by atoms with E-state index >= 15 is 0 Å². The average Bonchev–Trinajstić information content (AvgIpc) is 2.73. The summed E-state index contributed by atoms with van der Waals surface area (Å²) in [6.45, 7) is 1.96. The molecule has 0 amide bonds. The van der Waals surface area contributed by atoms with Crippen molar-refractivity contribution in [3.05, 3.63) is 53.9 Å². The number of benzene rings is 1. The minimum Gasteiger partial charge on any atom is -0.478 e. The van der Waals surface area contributed by atoms with Gasteiger partial charge in [0.15, 0.2) is 0 Å². The Labute approximate surface area is 94.0 Å². The summed E-state index contributed by atoms with van der Waals surface area (Å²) in [5.41, 5.74) is 2.21.